The molecule has 0 saturated carbocycles. The first-order valence-electron chi connectivity index (χ1n) is 5.58. The fourth-order valence-corrected chi connectivity index (χ4v) is 2.19. The van der Waals surface area contributed by atoms with Gasteiger partial charge in [-0.2, -0.15) is 0 Å². The van der Waals surface area contributed by atoms with Gasteiger partial charge in [-0.15, -0.1) is 0 Å². The molecule has 0 aliphatic carbocycles. The quantitative estimate of drug-likeness (QED) is 0.742. The summed E-state index contributed by atoms with van der Waals surface area (Å²) in [6.45, 7) is 0.985. The van der Waals surface area contributed by atoms with Gasteiger partial charge >= 0.3 is 0 Å². The number of ether oxygens (including phenoxy) is 3. The normalized spacial score (nSPS) is 13.8. The highest BCUT2D eigenvalue weighted by Crippen LogP contribution is 2.39. The number of hydrogen-bond donors (Lipinski definition) is 0. The molecule has 0 fully saturated rings. The van der Waals surface area contributed by atoms with Crippen LogP contribution in [-0.4, -0.2) is 45.7 Å². The molecular weight excluding hydrogens is 218 g/mol. The van der Waals surface area contributed by atoms with E-state index < -0.39 is 0 Å². The fourth-order valence-electron chi connectivity index (χ4n) is 2.19. The van der Waals surface area contributed by atoms with Crippen molar-refractivity contribution in [3.8, 4) is 17.2 Å². The van der Waals surface area contributed by atoms with Gasteiger partial charge in [-0.1, -0.05) is 0 Å². The van der Waals surface area contributed by atoms with Crippen molar-refractivity contribution in [3.05, 3.63) is 17.2 Å². The second-order valence-corrected chi connectivity index (χ2v) is 4.07. The number of likely N-dealkylation sites (N-methyl/N-ethyl adjacent to an activating group) is 1. The van der Waals surface area contributed by atoms with Gasteiger partial charge in [0.1, 0.15) is 19.3 Å². The molecule has 17 heavy (non-hydrogen) atoms. The van der Waals surface area contributed by atoms with Crippen molar-refractivity contribution in [2.45, 2.75) is 6.42 Å². The van der Waals surface area contributed by atoms with E-state index in [1.165, 1.54) is 5.56 Å². The average molecular weight is 236 g/mol. The number of hydrogen-bond acceptors (Lipinski definition) is 3. The highest BCUT2D eigenvalue weighted by Gasteiger charge is 2.24. The zero-order valence-corrected chi connectivity index (χ0v) is 10.7. The average Bonchev–Trinajstić information content (AvgIpc) is 2.36. The maximum Gasteiger partial charge on any atom is 0.174 e. The van der Waals surface area contributed by atoms with Crippen LogP contribution in [0.3, 0.4) is 0 Å². The van der Waals surface area contributed by atoms with E-state index in [-0.39, 0.29) is 0 Å². The van der Waals surface area contributed by atoms with E-state index in [4.69, 9.17) is 14.2 Å². The van der Waals surface area contributed by atoms with Crippen LogP contribution in [0.1, 0.15) is 11.1 Å². The van der Waals surface area contributed by atoms with Crippen molar-refractivity contribution in [1.29, 1.82) is 0 Å². The maximum atomic E-state index is 5.44. The Morgan fingerprint density at radius 2 is 1.76 bits per heavy atom. The van der Waals surface area contributed by atoms with Crippen LogP contribution in [0.4, 0.5) is 0 Å². The topological polar surface area (TPSA) is 30.7 Å². The van der Waals surface area contributed by atoms with Crippen LogP contribution in [0.15, 0.2) is 6.07 Å². The first kappa shape index (κ1) is 11.8. The SMILES string of the molecule is COc1cc(OC)c(OC)c2c1CC[N+](C)=C2. The second-order valence-electron chi connectivity index (χ2n) is 4.07. The summed E-state index contributed by atoms with van der Waals surface area (Å²) in [5, 5.41) is 0. The van der Waals surface area contributed by atoms with Gasteiger partial charge in [0, 0.05) is 18.1 Å². The molecule has 4 nitrogen and oxygen atoms in total. The molecule has 0 aromatic heterocycles. The molecule has 1 aliphatic rings. The lowest BCUT2D eigenvalue weighted by atomic mass is 9.99. The Morgan fingerprint density at radius 3 is 2.35 bits per heavy atom. The van der Waals surface area contributed by atoms with Gasteiger partial charge in [0.05, 0.1) is 26.9 Å². The number of methoxy groups -OCH3 is 3. The monoisotopic (exact) mass is 236 g/mol. The van der Waals surface area contributed by atoms with Crippen LogP contribution in [0.2, 0.25) is 0 Å². The zero-order valence-electron chi connectivity index (χ0n) is 10.7. The van der Waals surface area contributed by atoms with Crippen molar-refractivity contribution < 1.29 is 18.8 Å². The van der Waals surface area contributed by atoms with E-state index in [1.54, 1.807) is 21.3 Å². The Bertz CT molecular complexity index is 466. The molecule has 0 spiro atoms. The summed E-state index contributed by atoms with van der Waals surface area (Å²) in [5.41, 5.74) is 2.24. The Morgan fingerprint density at radius 1 is 1.06 bits per heavy atom. The molecule has 4 heteroatoms. The summed E-state index contributed by atoms with van der Waals surface area (Å²) < 4.78 is 18.3. The third-order valence-corrected chi connectivity index (χ3v) is 3.06. The molecule has 0 bridgehead atoms. The molecule has 1 aliphatic heterocycles. The molecule has 92 valence electrons. The molecule has 0 amide bonds. The van der Waals surface area contributed by atoms with E-state index in [9.17, 15) is 0 Å². The minimum Gasteiger partial charge on any atom is -0.496 e. The highest BCUT2D eigenvalue weighted by atomic mass is 16.5. The van der Waals surface area contributed by atoms with E-state index >= 15 is 0 Å². The molecule has 0 unspecified atom stereocenters. The van der Waals surface area contributed by atoms with Gasteiger partial charge in [-0.3, -0.25) is 0 Å². The number of nitrogens with zero attached hydrogens (tertiary/aromatic N) is 1. The molecule has 1 aromatic carbocycles. The minimum atomic E-state index is 0.703. The second kappa shape index (κ2) is 4.65. The van der Waals surface area contributed by atoms with Crippen LogP contribution in [0.25, 0.3) is 0 Å². The molecular formula is C13H18NO3+. The van der Waals surface area contributed by atoms with Crippen LogP contribution in [0, 0.1) is 0 Å². The van der Waals surface area contributed by atoms with Crippen LogP contribution >= 0.6 is 0 Å². The minimum absolute atomic E-state index is 0.703. The molecule has 0 radical (unpaired) electrons. The number of rotatable bonds is 3. The van der Waals surface area contributed by atoms with Gasteiger partial charge in [0.25, 0.3) is 0 Å². The molecule has 2 rings (SSSR count). The molecule has 1 heterocycles. The van der Waals surface area contributed by atoms with E-state index in [0.29, 0.717) is 5.75 Å². The Hall–Kier alpha value is -1.71. The summed E-state index contributed by atoms with van der Waals surface area (Å²) in [6.07, 6.45) is 3.02. The van der Waals surface area contributed by atoms with E-state index in [2.05, 4.69) is 10.8 Å². The lowest BCUT2D eigenvalue weighted by Crippen LogP contribution is -2.20. The molecule has 0 atom stereocenters. The Kier molecular flexibility index (Phi) is 3.22. The smallest absolute Gasteiger partial charge is 0.174 e. The summed E-state index contributed by atoms with van der Waals surface area (Å²) >= 11 is 0. The summed E-state index contributed by atoms with van der Waals surface area (Å²) in [4.78, 5) is 0. The van der Waals surface area contributed by atoms with Gasteiger partial charge in [-0.05, 0) is 0 Å². The van der Waals surface area contributed by atoms with Gasteiger partial charge in [-0.25, -0.2) is 4.58 Å². The van der Waals surface area contributed by atoms with Crippen LogP contribution in [-0.2, 0) is 6.42 Å². The van der Waals surface area contributed by atoms with Gasteiger partial charge in [0.2, 0.25) is 0 Å². The van der Waals surface area contributed by atoms with E-state index in [0.717, 1.165) is 30.0 Å². The van der Waals surface area contributed by atoms with Gasteiger partial charge in [0.15, 0.2) is 17.7 Å². The summed E-state index contributed by atoms with van der Waals surface area (Å²) in [6, 6.07) is 1.89. The molecule has 0 saturated heterocycles. The van der Waals surface area contributed by atoms with Crippen molar-refractivity contribution >= 4 is 6.21 Å². The Labute approximate surface area is 101 Å². The number of fused-ring (bicyclic) bond motifs is 1. The molecule has 0 N–H and O–H groups in total. The lowest BCUT2D eigenvalue weighted by Gasteiger charge is -2.19. The van der Waals surface area contributed by atoms with Crippen molar-refractivity contribution in [2.24, 2.45) is 0 Å². The Balaban J connectivity index is 2.69. The third kappa shape index (κ3) is 1.95. The standard InChI is InChI=1S/C13H18NO3/c1-14-6-5-9-10(8-14)13(17-4)12(16-3)7-11(9)15-2/h7-8H,5-6H2,1-4H3/q+1. The molecule has 1 aromatic rings. The first-order valence-corrected chi connectivity index (χ1v) is 5.58. The maximum absolute atomic E-state index is 5.44. The fraction of sp³-hybridized carbons (Fsp3) is 0.462. The lowest BCUT2D eigenvalue weighted by molar-refractivity contribution is -0.493. The van der Waals surface area contributed by atoms with Crippen molar-refractivity contribution in [2.75, 3.05) is 34.9 Å². The predicted molar refractivity (Wildman–Crippen MR) is 66.0 cm³/mol. The van der Waals surface area contributed by atoms with Crippen molar-refractivity contribution in [3.63, 3.8) is 0 Å². The predicted octanol–water partition coefficient (Wildman–Crippen LogP) is 1.33. The summed E-state index contributed by atoms with van der Waals surface area (Å²) in [5.74, 6) is 2.34. The zero-order chi connectivity index (χ0) is 12.4. The van der Waals surface area contributed by atoms with E-state index in [1.807, 2.05) is 13.1 Å². The number of benzene rings is 1. The first-order chi connectivity index (χ1) is 8.21. The summed E-state index contributed by atoms with van der Waals surface area (Å²) in [7, 11) is 7.03. The van der Waals surface area contributed by atoms with Crippen LogP contribution < -0.4 is 14.2 Å². The third-order valence-electron chi connectivity index (χ3n) is 3.06. The van der Waals surface area contributed by atoms with Crippen LogP contribution in [0.5, 0.6) is 17.2 Å². The van der Waals surface area contributed by atoms with Crippen molar-refractivity contribution in [1.82, 2.24) is 0 Å². The largest absolute Gasteiger partial charge is 0.496 e. The highest BCUT2D eigenvalue weighted by molar-refractivity contribution is 5.86. The van der Waals surface area contributed by atoms with Gasteiger partial charge < -0.3 is 14.2 Å².